The van der Waals surface area contributed by atoms with Crippen LogP contribution in [0.1, 0.15) is 0 Å². The van der Waals surface area contributed by atoms with Crippen LogP contribution in [0.5, 0.6) is 0 Å². The summed E-state index contributed by atoms with van der Waals surface area (Å²) < 4.78 is 19.9. The number of rotatable bonds is 4. The van der Waals surface area contributed by atoms with Gasteiger partial charge in [-0.1, -0.05) is 48.0 Å². The first-order valence-corrected chi connectivity index (χ1v) is 4.02. The zero-order chi connectivity index (χ0) is 7.82. The molecule has 0 bridgehead atoms. The van der Waals surface area contributed by atoms with Gasteiger partial charge in [-0.2, -0.15) is 0 Å². The second-order valence-electron chi connectivity index (χ2n) is 1.52. The van der Waals surface area contributed by atoms with E-state index in [2.05, 4.69) is 6.58 Å². The van der Waals surface area contributed by atoms with Crippen LogP contribution in [0.2, 0.25) is 0 Å². The molecule has 0 aromatic carbocycles. The molecule has 0 aromatic heterocycles. The molecule has 0 heterocycles. The maximum atomic E-state index is 9.94. The first kappa shape index (κ1) is 9.33. The van der Waals surface area contributed by atoms with Crippen LogP contribution in [0.25, 0.3) is 0 Å². The van der Waals surface area contributed by atoms with Gasteiger partial charge in [0, 0.05) is 5.75 Å². The molecule has 0 rings (SSSR count). The lowest BCUT2D eigenvalue weighted by molar-refractivity contribution is 0.540. The van der Waals surface area contributed by atoms with Gasteiger partial charge in [0.05, 0.1) is 0 Å². The van der Waals surface area contributed by atoms with Crippen LogP contribution in [-0.4, -0.2) is 14.5 Å². The zero-order valence-corrected chi connectivity index (χ0v) is 6.34. The standard InChI is InChI=1S/C7H10O2S/c1-2-3-4-5-6-7-10(8)9/h2-6H,1,7H2,(H,8,9)/p-1/b4-3-,6-5-. The summed E-state index contributed by atoms with van der Waals surface area (Å²) in [7, 11) is 0. The van der Waals surface area contributed by atoms with E-state index in [0.29, 0.717) is 0 Å². The Morgan fingerprint density at radius 3 is 2.60 bits per heavy atom. The SMILES string of the molecule is C=C/C=C\C=C/CS(=O)[O-]. The minimum atomic E-state index is -1.97. The first-order chi connectivity index (χ1) is 4.77. The van der Waals surface area contributed by atoms with Crippen molar-refractivity contribution in [2.45, 2.75) is 0 Å². The maximum absolute atomic E-state index is 9.94. The lowest BCUT2D eigenvalue weighted by Crippen LogP contribution is -1.88. The Bertz CT molecular complexity index is 170. The van der Waals surface area contributed by atoms with Crippen molar-refractivity contribution in [3.05, 3.63) is 37.0 Å². The van der Waals surface area contributed by atoms with E-state index in [1.165, 1.54) is 0 Å². The van der Waals surface area contributed by atoms with Crippen molar-refractivity contribution in [1.29, 1.82) is 0 Å². The summed E-state index contributed by atoms with van der Waals surface area (Å²) >= 11 is -1.97. The fourth-order valence-corrected chi connectivity index (χ4v) is 0.624. The van der Waals surface area contributed by atoms with E-state index in [1.54, 1.807) is 30.4 Å². The van der Waals surface area contributed by atoms with E-state index in [-0.39, 0.29) is 5.75 Å². The molecule has 0 aromatic rings. The molecular formula is C7H9O2S-. The van der Waals surface area contributed by atoms with E-state index in [0.717, 1.165) is 0 Å². The molecule has 0 N–H and O–H groups in total. The zero-order valence-electron chi connectivity index (χ0n) is 5.53. The Labute approximate surface area is 63.2 Å². The fraction of sp³-hybridized carbons (Fsp3) is 0.143. The molecule has 0 fully saturated rings. The monoisotopic (exact) mass is 157 g/mol. The first-order valence-electron chi connectivity index (χ1n) is 2.77. The molecule has 0 amide bonds. The highest BCUT2D eigenvalue weighted by Crippen LogP contribution is 1.80. The van der Waals surface area contributed by atoms with E-state index in [1.807, 2.05) is 0 Å². The van der Waals surface area contributed by atoms with Crippen molar-refractivity contribution in [1.82, 2.24) is 0 Å². The Morgan fingerprint density at radius 2 is 2.10 bits per heavy atom. The highest BCUT2D eigenvalue weighted by atomic mass is 32.2. The molecular weight excluding hydrogens is 148 g/mol. The molecule has 10 heavy (non-hydrogen) atoms. The van der Waals surface area contributed by atoms with Crippen LogP contribution in [0.3, 0.4) is 0 Å². The van der Waals surface area contributed by atoms with Crippen LogP contribution < -0.4 is 0 Å². The number of hydrogen-bond donors (Lipinski definition) is 0. The molecule has 0 aliphatic rings. The predicted molar refractivity (Wildman–Crippen MR) is 42.3 cm³/mol. The van der Waals surface area contributed by atoms with Crippen molar-refractivity contribution in [3.63, 3.8) is 0 Å². The van der Waals surface area contributed by atoms with Crippen molar-refractivity contribution in [2.75, 3.05) is 5.75 Å². The Kier molecular flexibility index (Phi) is 6.02. The topological polar surface area (TPSA) is 40.1 Å². The minimum absolute atomic E-state index is 0.0709. The summed E-state index contributed by atoms with van der Waals surface area (Å²) in [4.78, 5) is 0. The highest BCUT2D eigenvalue weighted by molar-refractivity contribution is 7.79. The van der Waals surface area contributed by atoms with Crippen molar-refractivity contribution < 1.29 is 8.76 Å². The molecule has 0 aliphatic heterocycles. The normalized spacial score (nSPS) is 14.5. The lowest BCUT2D eigenvalue weighted by Gasteiger charge is -1.96. The predicted octanol–water partition coefficient (Wildman–Crippen LogP) is 1.16. The van der Waals surface area contributed by atoms with Crippen LogP contribution in [0, 0.1) is 0 Å². The van der Waals surface area contributed by atoms with Gasteiger partial charge in [-0.15, -0.1) is 0 Å². The third-order valence-corrected chi connectivity index (χ3v) is 1.19. The van der Waals surface area contributed by atoms with E-state index in [9.17, 15) is 8.76 Å². The van der Waals surface area contributed by atoms with Crippen LogP contribution in [0.15, 0.2) is 37.0 Å². The van der Waals surface area contributed by atoms with Crippen LogP contribution in [-0.2, 0) is 11.1 Å². The van der Waals surface area contributed by atoms with Crippen LogP contribution in [0.4, 0.5) is 0 Å². The Morgan fingerprint density at radius 1 is 1.40 bits per heavy atom. The van der Waals surface area contributed by atoms with Gasteiger partial charge in [-0.05, 0) is 0 Å². The maximum Gasteiger partial charge on any atom is 0.0285 e. The average Bonchev–Trinajstić information content (AvgIpc) is 1.87. The second-order valence-corrected chi connectivity index (χ2v) is 2.46. The van der Waals surface area contributed by atoms with Gasteiger partial charge in [0.1, 0.15) is 0 Å². The van der Waals surface area contributed by atoms with Crippen molar-refractivity contribution in [3.8, 4) is 0 Å². The summed E-state index contributed by atoms with van der Waals surface area (Å²) in [5.41, 5.74) is 0. The van der Waals surface area contributed by atoms with Crippen molar-refractivity contribution >= 4 is 11.1 Å². The molecule has 56 valence electrons. The summed E-state index contributed by atoms with van der Waals surface area (Å²) in [6.07, 6.45) is 8.29. The second kappa shape index (κ2) is 6.45. The molecule has 0 saturated heterocycles. The smallest absolute Gasteiger partial charge is 0.0285 e. The average molecular weight is 157 g/mol. The molecule has 0 radical (unpaired) electrons. The van der Waals surface area contributed by atoms with Gasteiger partial charge in [-0.3, -0.25) is 4.21 Å². The van der Waals surface area contributed by atoms with E-state index < -0.39 is 11.1 Å². The molecule has 0 spiro atoms. The van der Waals surface area contributed by atoms with Gasteiger partial charge in [-0.25, -0.2) is 0 Å². The summed E-state index contributed by atoms with van der Waals surface area (Å²) in [5.74, 6) is 0.0709. The summed E-state index contributed by atoms with van der Waals surface area (Å²) in [5, 5.41) is 0. The summed E-state index contributed by atoms with van der Waals surface area (Å²) in [6.45, 7) is 3.45. The molecule has 0 aliphatic carbocycles. The molecule has 1 unspecified atom stereocenters. The number of hydrogen-bond acceptors (Lipinski definition) is 2. The Hall–Kier alpha value is -0.670. The third kappa shape index (κ3) is 7.33. The molecule has 2 nitrogen and oxygen atoms in total. The van der Waals surface area contributed by atoms with Crippen molar-refractivity contribution in [2.24, 2.45) is 0 Å². The van der Waals surface area contributed by atoms with E-state index in [4.69, 9.17) is 0 Å². The highest BCUT2D eigenvalue weighted by Gasteiger charge is 1.71. The largest absolute Gasteiger partial charge is 0.772 e. The molecule has 3 heteroatoms. The van der Waals surface area contributed by atoms with Gasteiger partial charge in [0.15, 0.2) is 0 Å². The number of allylic oxidation sites excluding steroid dienone is 4. The van der Waals surface area contributed by atoms with Gasteiger partial charge in [0.2, 0.25) is 0 Å². The Balaban J connectivity index is 3.46. The van der Waals surface area contributed by atoms with Gasteiger partial charge >= 0.3 is 0 Å². The minimum Gasteiger partial charge on any atom is -0.772 e. The summed E-state index contributed by atoms with van der Waals surface area (Å²) in [6, 6.07) is 0. The van der Waals surface area contributed by atoms with Crippen LogP contribution >= 0.6 is 0 Å². The fourth-order valence-electron chi connectivity index (χ4n) is 0.355. The lowest BCUT2D eigenvalue weighted by atomic mass is 10.4. The van der Waals surface area contributed by atoms with E-state index >= 15 is 0 Å². The van der Waals surface area contributed by atoms with Gasteiger partial charge in [0.25, 0.3) is 0 Å². The molecule has 1 atom stereocenters. The quantitative estimate of drug-likeness (QED) is 0.454. The van der Waals surface area contributed by atoms with Gasteiger partial charge < -0.3 is 4.55 Å². The molecule has 0 saturated carbocycles. The third-order valence-electron chi connectivity index (χ3n) is 0.727.